The van der Waals surface area contributed by atoms with Crippen molar-refractivity contribution < 1.29 is 4.42 Å². The fourth-order valence-corrected chi connectivity index (χ4v) is 8.04. The Morgan fingerprint density at radius 3 is 1.88 bits per heavy atom. The van der Waals surface area contributed by atoms with Gasteiger partial charge < -0.3 is 4.42 Å². The monoisotopic (exact) mass is 637 g/mol. The summed E-state index contributed by atoms with van der Waals surface area (Å²) in [4.78, 5) is 10.8. The van der Waals surface area contributed by atoms with Crippen molar-refractivity contribution in [2.45, 2.75) is 0 Å². The molecule has 0 spiro atoms. The van der Waals surface area contributed by atoms with E-state index in [-0.39, 0.29) is 0 Å². The average molecular weight is 638 g/mol. The van der Waals surface area contributed by atoms with Crippen molar-refractivity contribution in [3.8, 4) is 28.3 Å². The Morgan fingerprint density at radius 1 is 0.400 bits per heavy atom. The summed E-state index contributed by atoms with van der Waals surface area (Å²) in [6.07, 6.45) is 0. The highest BCUT2D eigenvalue weighted by Crippen LogP contribution is 2.46. The molecule has 3 aromatic heterocycles. The normalized spacial score (nSPS) is 12.0. The fraction of sp³-hybridized carbons (Fsp3) is 0. The van der Waals surface area contributed by atoms with Gasteiger partial charge in [-0.2, -0.15) is 0 Å². The summed E-state index contributed by atoms with van der Waals surface area (Å²) >= 11 is 0. The van der Waals surface area contributed by atoms with Gasteiger partial charge in [-0.1, -0.05) is 133 Å². The molecule has 3 heterocycles. The van der Waals surface area contributed by atoms with Crippen LogP contribution in [0.2, 0.25) is 0 Å². The average Bonchev–Trinajstić information content (AvgIpc) is 3.74. The maximum atomic E-state index is 6.47. The molecule has 0 bridgehead atoms. The zero-order chi connectivity index (χ0) is 32.8. The Kier molecular flexibility index (Phi) is 5.63. The van der Waals surface area contributed by atoms with Gasteiger partial charge in [-0.05, 0) is 57.6 Å². The zero-order valence-corrected chi connectivity index (χ0v) is 26.8. The van der Waals surface area contributed by atoms with Crippen LogP contribution in [0.15, 0.2) is 168 Å². The van der Waals surface area contributed by atoms with Gasteiger partial charge in [-0.3, -0.25) is 4.57 Å². The molecule has 0 saturated heterocycles. The molecule has 4 heteroatoms. The van der Waals surface area contributed by atoms with E-state index in [1.165, 1.54) is 27.1 Å². The number of hydrogen-bond donors (Lipinski definition) is 0. The van der Waals surface area contributed by atoms with Crippen molar-refractivity contribution >= 4 is 76.2 Å². The smallest absolute Gasteiger partial charge is 0.235 e. The molecule has 0 atom stereocenters. The second kappa shape index (κ2) is 10.4. The van der Waals surface area contributed by atoms with Crippen LogP contribution < -0.4 is 0 Å². The molecule has 0 radical (unpaired) electrons. The van der Waals surface area contributed by atoms with Gasteiger partial charge in [0.1, 0.15) is 11.2 Å². The molecule has 0 aliphatic carbocycles. The number of furan rings is 1. The lowest BCUT2D eigenvalue weighted by Crippen LogP contribution is -2.04. The van der Waals surface area contributed by atoms with Crippen molar-refractivity contribution in [1.29, 1.82) is 0 Å². The van der Waals surface area contributed by atoms with Gasteiger partial charge in [0, 0.05) is 37.9 Å². The van der Waals surface area contributed by atoms with E-state index < -0.39 is 0 Å². The first kappa shape index (κ1) is 27.2. The second-order valence-electron chi connectivity index (χ2n) is 12.9. The van der Waals surface area contributed by atoms with Crippen LogP contribution in [0.5, 0.6) is 0 Å². The maximum Gasteiger partial charge on any atom is 0.235 e. The van der Waals surface area contributed by atoms with Crippen LogP contribution in [0.3, 0.4) is 0 Å². The first-order valence-corrected chi connectivity index (χ1v) is 16.9. The highest BCUT2D eigenvalue weighted by molar-refractivity contribution is 6.37. The fourth-order valence-electron chi connectivity index (χ4n) is 8.04. The summed E-state index contributed by atoms with van der Waals surface area (Å²) in [5, 5.41) is 10.3. The topological polar surface area (TPSA) is 43.9 Å². The molecule has 4 nitrogen and oxygen atoms in total. The molecule has 0 fully saturated rings. The molecule has 0 unspecified atom stereocenters. The van der Waals surface area contributed by atoms with Crippen LogP contribution in [0.4, 0.5) is 0 Å². The third-order valence-electron chi connectivity index (χ3n) is 10.2. The lowest BCUT2D eigenvalue weighted by atomic mass is 9.95. The van der Waals surface area contributed by atoms with E-state index >= 15 is 0 Å². The number of benzene rings is 8. The van der Waals surface area contributed by atoms with Crippen molar-refractivity contribution in [3.05, 3.63) is 164 Å². The third-order valence-corrected chi connectivity index (χ3v) is 10.2. The molecule has 50 heavy (non-hydrogen) atoms. The van der Waals surface area contributed by atoms with Gasteiger partial charge in [-0.25, -0.2) is 9.97 Å². The Hall–Kier alpha value is -6.78. The maximum absolute atomic E-state index is 6.47. The van der Waals surface area contributed by atoms with Gasteiger partial charge in [0.25, 0.3) is 0 Å². The van der Waals surface area contributed by atoms with Crippen LogP contribution in [0, 0.1) is 0 Å². The number of hydrogen-bond acceptors (Lipinski definition) is 3. The summed E-state index contributed by atoms with van der Waals surface area (Å²) in [5.41, 5.74) is 9.04. The Balaban J connectivity index is 1.33. The van der Waals surface area contributed by atoms with E-state index in [2.05, 4.69) is 162 Å². The van der Waals surface area contributed by atoms with Gasteiger partial charge >= 0.3 is 0 Å². The lowest BCUT2D eigenvalue weighted by molar-refractivity contribution is 0.669. The summed E-state index contributed by atoms with van der Waals surface area (Å²) in [6, 6.07) is 57.6. The minimum absolute atomic E-state index is 0.636. The van der Waals surface area contributed by atoms with E-state index in [1.54, 1.807) is 0 Å². The molecular formula is C46H27N3O. The lowest BCUT2D eigenvalue weighted by Gasteiger charge is -2.14. The molecule has 0 N–H and O–H groups in total. The standard InChI is InChI=1S/C46H27N3O/c1-2-13-28(14-3-1)29-15-12-16-30(27-29)44-35-21-8-10-23-37(35)47-46(48-44)49-38-25-26-40-41(36-22-9-11-24-39(36)50-40)43(38)42-33-19-6-4-17-31(33)32-18-5-7-20-34(32)45(42)49/h1-27H. The van der Waals surface area contributed by atoms with Crippen LogP contribution >= 0.6 is 0 Å². The number of para-hydroxylation sites is 2. The summed E-state index contributed by atoms with van der Waals surface area (Å²) in [5.74, 6) is 0.636. The van der Waals surface area contributed by atoms with E-state index in [0.717, 1.165) is 71.5 Å². The minimum atomic E-state index is 0.636. The Morgan fingerprint density at radius 2 is 1.04 bits per heavy atom. The van der Waals surface area contributed by atoms with E-state index in [1.807, 2.05) is 6.07 Å². The van der Waals surface area contributed by atoms with Gasteiger partial charge in [0.2, 0.25) is 5.95 Å². The van der Waals surface area contributed by atoms with Crippen LogP contribution in [0.25, 0.3) is 105 Å². The summed E-state index contributed by atoms with van der Waals surface area (Å²) < 4.78 is 8.76. The Labute approximate surface area is 286 Å². The quantitative estimate of drug-likeness (QED) is 0.181. The summed E-state index contributed by atoms with van der Waals surface area (Å²) in [7, 11) is 0. The van der Waals surface area contributed by atoms with E-state index in [0.29, 0.717) is 5.95 Å². The third kappa shape index (κ3) is 3.81. The number of rotatable bonds is 3. The second-order valence-corrected chi connectivity index (χ2v) is 12.9. The molecule has 232 valence electrons. The molecular weight excluding hydrogens is 611 g/mol. The predicted octanol–water partition coefficient (Wildman–Crippen LogP) is 12.3. The highest BCUT2D eigenvalue weighted by Gasteiger charge is 2.24. The molecule has 0 aliphatic rings. The van der Waals surface area contributed by atoms with E-state index in [9.17, 15) is 0 Å². The first-order chi connectivity index (χ1) is 24.8. The van der Waals surface area contributed by atoms with Gasteiger partial charge in [0.15, 0.2) is 0 Å². The molecule has 0 amide bonds. The van der Waals surface area contributed by atoms with Crippen molar-refractivity contribution in [2.24, 2.45) is 0 Å². The number of aromatic nitrogens is 3. The van der Waals surface area contributed by atoms with Crippen molar-refractivity contribution in [3.63, 3.8) is 0 Å². The zero-order valence-electron chi connectivity index (χ0n) is 26.8. The Bertz CT molecular complexity index is 3150. The SMILES string of the molecule is c1ccc(-c2cccc(-c3nc(-n4c5ccc6oc7ccccc7c6c5c5c6ccccc6c6ccccc6c54)nc4ccccc34)c2)cc1. The molecule has 8 aromatic carbocycles. The minimum Gasteiger partial charge on any atom is -0.456 e. The predicted molar refractivity (Wildman–Crippen MR) is 207 cm³/mol. The van der Waals surface area contributed by atoms with Gasteiger partial charge in [-0.15, -0.1) is 0 Å². The molecule has 11 aromatic rings. The number of fused-ring (bicyclic) bond motifs is 13. The number of nitrogens with zero attached hydrogens (tertiary/aromatic N) is 3. The van der Waals surface area contributed by atoms with Crippen LogP contribution in [-0.2, 0) is 0 Å². The largest absolute Gasteiger partial charge is 0.456 e. The molecule has 0 saturated carbocycles. The van der Waals surface area contributed by atoms with Crippen LogP contribution in [0.1, 0.15) is 0 Å². The summed E-state index contributed by atoms with van der Waals surface area (Å²) in [6.45, 7) is 0. The van der Waals surface area contributed by atoms with Crippen molar-refractivity contribution in [1.82, 2.24) is 14.5 Å². The highest BCUT2D eigenvalue weighted by atomic mass is 16.3. The van der Waals surface area contributed by atoms with Crippen molar-refractivity contribution in [2.75, 3.05) is 0 Å². The molecule has 0 aliphatic heterocycles. The first-order valence-electron chi connectivity index (χ1n) is 16.9. The molecule has 11 rings (SSSR count). The van der Waals surface area contributed by atoms with Crippen LogP contribution in [-0.4, -0.2) is 14.5 Å². The van der Waals surface area contributed by atoms with E-state index in [4.69, 9.17) is 14.4 Å². The van der Waals surface area contributed by atoms with Gasteiger partial charge in [0.05, 0.1) is 22.2 Å².